The van der Waals surface area contributed by atoms with Gasteiger partial charge in [-0.25, -0.2) is 4.39 Å². The van der Waals surface area contributed by atoms with Crippen LogP contribution < -0.4 is 15.4 Å². The maximum atomic E-state index is 13.9. The van der Waals surface area contributed by atoms with Gasteiger partial charge >= 0.3 is 0 Å². The number of halogens is 1. The molecule has 0 spiro atoms. The molecule has 2 aliphatic rings. The van der Waals surface area contributed by atoms with E-state index in [1.54, 1.807) is 24.3 Å². The van der Waals surface area contributed by atoms with Crippen LogP contribution in [0, 0.1) is 5.82 Å². The van der Waals surface area contributed by atoms with Crippen LogP contribution in [0.1, 0.15) is 46.9 Å². The fourth-order valence-corrected chi connectivity index (χ4v) is 3.86. The average Bonchev–Trinajstić information content (AvgIpc) is 3.31. The number of ether oxygens (including phenoxy) is 1. The Bertz CT molecular complexity index is 1050. The highest BCUT2D eigenvalue weighted by Crippen LogP contribution is 2.45. The molecule has 2 N–H and O–H groups in total. The van der Waals surface area contributed by atoms with Gasteiger partial charge in [0.05, 0.1) is 5.56 Å². The van der Waals surface area contributed by atoms with Gasteiger partial charge < -0.3 is 19.8 Å². The van der Waals surface area contributed by atoms with Crippen molar-refractivity contribution in [2.24, 2.45) is 0 Å². The average molecular weight is 394 g/mol. The van der Waals surface area contributed by atoms with Crippen molar-refractivity contribution in [2.45, 2.75) is 37.8 Å². The highest BCUT2D eigenvalue weighted by molar-refractivity contribution is 6.08. The van der Waals surface area contributed by atoms with E-state index in [0.29, 0.717) is 28.4 Å². The van der Waals surface area contributed by atoms with Crippen molar-refractivity contribution >= 4 is 16.9 Å². The molecule has 1 amide bonds. The Kier molecular flexibility index (Phi) is 4.72. The summed E-state index contributed by atoms with van der Waals surface area (Å²) in [5.74, 6) is 1.28. The minimum Gasteiger partial charge on any atom is -0.489 e. The van der Waals surface area contributed by atoms with Gasteiger partial charge in [-0.1, -0.05) is 18.2 Å². The molecule has 1 saturated heterocycles. The summed E-state index contributed by atoms with van der Waals surface area (Å²) in [7, 11) is 0. The number of amides is 1. The van der Waals surface area contributed by atoms with Crippen molar-refractivity contribution < 1.29 is 18.3 Å². The maximum absolute atomic E-state index is 13.9. The first-order chi connectivity index (χ1) is 14.2. The highest BCUT2D eigenvalue weighted by atomic mass is 19.1. The van der Waals surface area contributed by atoms with Crippen LogP contribution in [0.15, 0.2) is 46.9 Å². The van der Waals surface area contributed by atoms with E-state index in [4.69, 9.17) is 9.15 Å². The third kappa shape index (κ3) is 3.72. The van der Waals surface area contributed by atoms with Gasteiger partial charge in [0.15, 0.2) is 0 Å². The quantitative estimate of drug-likeness (QED) is 0.660. The van der Waals surface area contributed by atoms with Gasteiger partial charge in [0.1, 0.15) is 29.5 Å². The number of furan rings is 1. The third-order valence-electron chi connectivity index (χ3n) is 5.61. The van der Waals surface area contributed by atoms with Crippen LogP contribution in [0.5, 0.6) is 5.75 Å². The van der Waals surface area contributed by atoms with Gasteiger partial charge in [0.2, 0.25) is 0 Å². The molecule has 5 nitrogen and oxygen atoms in total. The largest absolute Gasteiger partial charge is 0.489 e. The van der Waals surface area contributed by atoms with Crippen molar-refractivity contribution in [3.63, 3.8) is 0 Å². The Morgan fingerprint density at radius 1 is 1.21 bits per heavy atom. The van der Waals surface area contributed by atoms with Crippen LogP contribution in [0.3, 0.4) is 0 Å². The molecule has 6 heteroatoms. The van der Waals surface area contributed by atoms with Crippen LogP contribution in [0.4, 0.5) is 4.39 Å². The Balaban J connectivity index is 1.44. The van der Waals surface area contributed by atoms with Gasteiger partial charge in [-0.2, -0.15) is 0 Å². The smallest absolute Gasteiger partial charge is 0.255 e. The van der Waals surface area contributed by atoms with E-state index >= 15 is 0 Å². The molecular formula is C23H23FN2O3. The third-order valence-corrected chi connectivity index (χ3v) is 5.61. The molecule has 1 aromatic heterocycles. The summed E-state index contributed by atoms with van der Waals surface area (Å²) in [6.07, 6.45) is 3.01. The van der Waals surface area contributed by atoms with Crippen molar-refractivity contribution in [3.05, 3.63) is 65.2 Å². The molecule has 1 aliphatic heterocycles. The first-order valence-electron chi connectivity index (χ1n) is 10.1. The first kappa shape index (κ1) is 18.2. The molecular weight excluding hydrogens is 371 g/mol. The van der Waals surface area contributed by atoms with Crippen LogP contribution in [-0.4, -0.2) is 25.0 Å². The van der Waals surface area contributed by atoms with Gasteiger partial charge in [-0.15, -0.1) is 0 Å². The van der Waals surface area contributed by atoms with E-state index < -0.39 is 0 Å². The fraction of sp³-hybridized carbons (Fsp3) is 0.348. The number of fused-ring (bicyclic) bond motifs is 1. The van der Waals surface area contributed by atoms with Gasteiger partial charge in [-0.05, 0) is 50.1 Å². The molecule has 1 unspecified atom stereocenters. The van der Waals surface area contributed by atoms with Gasteiger partial charge in [0.25, 0.3) is 5.91 Å². The van der Waals surface area contributed by atoms with E-state index in [-0.39, 0.29) is 24.4 Å². The van der Waals surface area contributed by atoms with E-state index in [9.17, 15) is 9.18 Å². The Morgan fingerprint density at radius 3 is 2.83 bits per heavy atom. The van der Waals surface area contributed by atoms with E-state index in [2.05, 4.69) is 10.6 Å². The maximum Gasteiger partial charge on any atom is 0.255 e. The molecule has 0 bridgehead atoms. The second-order valence-electron chi connectivity index (χ2n) is 7.82. The van der Waals surface area contributed by atoms with Crippen LogP contribution in [0.25, 0.3) is 11.0 Å². The van der Waals surface area contributed by atoms with Crippen LogP contribution in [0.2, 0.25) is 0 Å². The Morgan fingerprint density at radius 2 is 2.07 bits per heavy atom. The topological polar surface area (TPSA) is 63.5 Å². The lowest BCUT2D eigenvalue weighted by Gasteiger charge is -2.12. The molecule has 0 radical (unpaired) electrons. The molecule has 2 heterocycles. The van der Waals surface area contributed by atoms with Crippen LogP contribution in [-0.2, 0) is 6.61 Å². The van der Waals surface area contributed by atoms with Gasteiger partial charge in [0, 0.05) is 29.5 Å². The predicted octanol–water partition coefficient (Wildman–Crippen LogP) is 4.12. The summed E-state index contributed by atoms with van der Waals surface area (Å²) in [5.41, 5.74) is 1.79. The lowest BCUT2D eigenvalue weighted by atomic mass is 10.1. The van der Waals surface area contributed by atoms with Crippen molar-refractivity contribution in [1.82, 2.24) is 10.6 Å². The zero-order chi connectivity index (χ0) is 19.8. The SMILES string of the molecule is O=C(NC1CCNC1)c1c(C2CC2)oc2ccc(OCc3ccccc3F)cc12. The van der Waals surface area contributed by atoms with E-state index in [1.165, 1.54) is 6.07 Å². The fourth-order valence-electron chi connectivity index (χ4n) is 3.86. The number of hydrogen-bond acceptors (Lipinski definition) is 4. The van der Waals surface area contributed by atoms with Gasteiger partial charge in [-0.3, -0.25) is 4.79 Å². The normalized spacial score (nSPS) is 18.9. The summed E-state index contributed by atoms with van der Waals surface area (Å²) in [6.45, 7) is 1.83. The van der Waals surface area contributed by atoms with Crippen molar-refractivity contribution in [2.75, 3.05) is 13.1 Å². The molecule has 2 fully saturated rings. The minimum absolute atomic E-state index is 0.0920. The first-order valence-corrected chi connectivity index (χ1v) is 10.1. The number of carbonyl (C=O) groups excluding carboxylic acids is 1. The van der Waals surface area contributed by atoms with E-state index in [1.807, 2.05) is 12.1 Å². The molecule has 1 aliphatic carbocycles. The van der Waals surface area contributed by atoms with Crippen molar-refractivity contribution in [3.8, 4) is 5.75 Å². The second-order valence-corrected chi connectivity index (χ2v) is 7.82. The Labute approximate surface area is 168 Å². The predicted molar refractivity (Wildman–Crippen MR) is 108 cm³/mol. The lowest BCUT2D eigenvalue weighted by Crippen LogP contribution is -2.36. The zero-order valence-electron chi connectivity index (χ0n) is 16.0. The monoisotopic (exact) mass is 394 g/mol. The number of rotatable bonds is 6. The molecule has 29 heavy (non-hydrogen) atoms. The molecule has 3 aromatic rings. The number of hydrogen-bond donors (Lipinski definition) is 2. The summed E-state index contributed by atoms with van der Waals surface area (Å²) in [4.78, 5) is 13.1. The summed E-state index contributed by atoms with van der Waals surface area (Å²) < 4.78 is 25.7. The number of nitrogens with one attached hydrogen (secondary N) is 2. The number of carbonyl (C=O) groups is 1. The minimum atomic E-state index is -0.293. The summed E-state index contributed by atoms with van der Waals surface area (Å²) in [6, 6.07) is 12.1. The summed E-state index contributed by atoms with van der Waals surface area (Å²) >= 11 is 0. The van der Waals surface area contributed by atoms with E-state index in [0.717, 1.165) is 43.5 Å². The molecule has 5 rings (SSSR count). The molecule has 150 valence electrons. The molecule has 2 aromatic carbocycles. The molecule has 1 atom stereocenters. The summed E-state index contributed by atoms with van der Waals surface area (Å²) in [5, 5.41) is 7.15. The number of benzene rings is 2. The highest BCUT2D eigenvalue weighted by Gasteiger charge is 2.34. The zero-order valence-corrected chi connectivity index (χ0v) is 16.0. The van der Waals surface area contributed by atoms with Crippen molar-refractivity contribution in [1.29, 1.82) is 0 Å². The Hall–Kier alpha value is -2.86. The lowest BCUT2D eigenvalue weighted by molar-refractivity contribution is 0.0939. The van der Waals surface area contributed by atoms with Crippen LogP contribution >= 0.6 is 0 Å². The second kappa shape index (κ2) is 7.52. The standard InChI is InChI=1S/C23H23FN2O3/c24-19-4-2-1-3-15(19)13-28-17-7-8-20-18(11-17)21(22(29-20)14-5-6-14)23(27)26-16-9-10-25-12-16/h1-4,7-8,11,14,16,25H,5-6,9-10,12-13H2,(H,26,27). The molecule has 1 saturated carbocycles.